The van der Waals surface area contributed by atoms with Gasteiger partial charge in [-0.3, -0.25) is 18.7 Å². The highest BCUT2D eigenvalue weighted by Gasteiger charge is 2.17. The SMILES string of the molecule is Cn1c(=O)c2c(ncn2CCCC(=O)Nc2cc(C(C)(C)C)ccc2O)n(C)c1=O. The molecule has 0 radical (unpaired) electrons. The minimum absolute atomic E-state index is 0.0152. The second kappa shape index (κ2) is 7.81. The van der Waals surface area contributed by atoms with Crippen molar-refractivity contribution in [1.29, 1.82) is 0 Å². The van der Waals surface area contributed by atoms with Gasteiger partial charge in [-0.1, -0.05) is 26.8 Å². The molecule has 2 N–H and O–H groups in total. The van der Waals surface area contributed by atoms with Crippen LogP contribution in [0.25, 0.3) is 11.2 Å². The van der Waals surface area contributed by atoms with Gasteiger partial charge >= 0.3 is 5.69 Å². The lowest BCUT2D eigenvalue weighted by molar-refractivity contribution is -0.116. The molecule has 0 fully saturated rings. The quantitative estimate of drug-likeness (QED) is 0.620. The average Bonchev–Trinajstić information content (AvgIpc) is 3.09. The van der Waals surface area contributed by atoms with E-state index in [9.17, 15) is 19.5 Å². The largest absolute Gasteiger partial charge is 0.506 e. The van der Waals surface area contributed by atoms with Crippen molar-refractivity contribution in [1.82, 2.24) is 18.7 Å². The molecule has 0 spiro atoms. The van der Waals surface area contributed by atoms with Gasteiger partial charge in [-0.2, -0.15) is 0 Å². The fourth-order valence-electron chi connectivity index (χ4n) is 3.29. The van der Waals surface area contributed by atoms with Crippen molar-refractivity contribution in [3.8, 4) is 5.75 Å². The highest BCUT2D eigenvalue weighted by Crippen LogP contribution is 2.30. The van der Waals surface area contributed by atoms with Crippen molar-refractivity contribution in [3.05, 3.63) is 50.9 Å². The number of benzene rings is 1. The highest BCUT2D eigenvalue weighted by molar-refractivity contribution is 5.92. The Hall–Kier alpha value is -3.36. The molecule has 0 aliphatic heterocycles. The van der Waals surface area contributed by atoms with E-state index in [0.29, 0.717) is 29.8 Å². The van der Waals surface area contributed by atoms with Crippen LogP contribution in [0.1, 0.15) is 39.2 Å². The number of imidazole rings is 1. The number of amides is 1. The molecule has 0 saturated carbocycles. The Morgan fingerprint density at radius 1 is 1.17 bits per heavy atom. The van der Waals surface area contributed by atoms with E-state index in [1.54, 1.807) is 23.7 Å². The van der Waals surface area contributed by atoms with Crippen molar-refractivity contribution in [2.45, 2.75) is 45.6 Å². The summed E-state index contributed by atoms with van der Waals surface area (Å²) in [6, 6.07) is 5.19. The highest BCUT2D eigenvalue weighted by atomic mass is 16.3. The van der Waals surface area contributed by atoms with Crippen LogP contribution in [-0.4, -0.2) is 29.7 Å². The van der Waals surface area contributed by atoms with Gasteiger partial charge < -0.3 is 15.0 Å². The Labute approximate surface area is 173 Å². The molecule has 0 atom stereocenters. The van der Waals surface area contributed by atoms with Crippen molar-refractivity contribution in [3.63, 3.8) is 0 Å². The van der Waals surface area contributed by atoms with Gasteiger partial charge in [0.25, 0.3) is 5.56 Å². The van der Waals surface area contributed by atoms with E-state index in [1.165, 1.54) is 17.9 Å². The number of carbonyl (C=O) groups excluding carboxylic acids is 1. The number of nitrogens with zero attached hydrogens (tertiary/aromatic N) is 4. The molecule has 0 saturated heterocycles. The molecule has 2 aromatic heterocycles. The Morgan fingerprint density at radius 2 is 1.87 bits per heavy atom. The van der Waals surface area contributed by atoms with Crippen LogP contribution < -0.4 is 16.6 Å². The minimum Gasteiger partial charge on any atom is -0.506 e. The molecule has 160 valence electrons. The summed E-state index contributed by atoms with van der Waals surface area (Å²) in [6.45, 7) is 6.56. The zero-order valence-corrected chi connectivity index (χ0v) is 17.9. The molecular weight excluding hydrogens is 386 g/mol. The van der Waals surface area contributed by atoms with Crippen LogP contribution in [0.3, 0.4) is 0 Å². The van der Waals surface area contributed by atoms with Crippen LogP contribution in [0.15, 0.2) is 34.1 Å². The van der Waals surface area contributed by atoms with Gasteiger partial charge in [0.2, 0.25) is 5.91 Å². The maximum atomic E-state index is 12.5. The lowest BCUT2D eigenvalue weighted by Gasteiger charge is -2.20. The number of aromatic hydroxyl groups is 1. The number of anilines is 1. The first kappa shape index (κ1) is 21.4. The monoisotopic (exact) mass is 413 g/mol. The van der Waals surface area contributed by atoms with E-state index in [0.717, 1.165) is 10.1 Å². The number of phenols is 1. The van der Waals surface area contributed by atoms with E-state index in [2.05, 4.69) is 31.1 Å². The molecule has 3 rings (SSSR count). The number of rotatable bonds is 5. The Bertz CT molecular complexity index is 1230. The van der Waals surface area contributed by atoms with E-state index >= 15 is 0 Å². The van der Waals surface area contributed by atoms with E-state index in [-0.39, 0.29) is 23.5 Å². The van der Waals surface area contributed by atoms with Gasteiger partial charge in [0.15, 0.2) is 11.2 Å². The van der Waals surface area contributed by atoms with E-state index in [4.69, 9.17) is 0 Å². The van der Waals surface area contributed by atoms with Gasteiger partial charge in [0, 0.05) is 27.1 Å². The van der Waals surface area contributed by atoms with E-state index in [1.807, 2.05) is 6.07 Å². The number of aryl methyl sites for hydroxylation is 2. The Morgan fingerprint density at radius 3 is 2.53 bits per heavy atom. The number of phenolic OH excluding ortho intramolecular Hbond substituents is 1. The third-order valence-corrected chi connectivity index (χ3v) is 5.16. The number of hydrogen-bond donors (Lipinski definition) is 2. The normalized spacial score (nSPS) is 11.8. The van der Waals surface area contributed by atoms with Gasteiger partial charge in [-0.15, -0.1) is 0 Å². The second-order valence-electron chi connectivity index (χ2n) is 8.45. The Balaban J connectivity index is 1.70. The first-order valence-corrected chi connectivity index (χ1v) is 9.75. The molecule has 0 aliphatic carbocycles. The summed E-state index contributed by atoms with van der Waals surface area (Å²) in [7, 11) is 2.99. The lowest BCUT2D eigenvalue weighted by Crippen LogP contribution is -2.37. The molecule has 9 heteroatoms. The number of fused-ring (bicyclic) bond motifs is 1. The van der Waals surface area contributed by atoms with Crippen LogP contribution in [0.5, 0.6) is 5.75 Å². The van der Waals surface area contributed by atoms with Crippen molar-refractivity contribution in [2.24, 2.45) is 14.1 Å². The average molecular weight is 413 g/mol. The third-order valence-electron chi connectivity index (χ3n) is 5.16. The zero-order valence-electron chi connectivity index (χ0n) is 17.9. The van der Waals surface area contributed by atoms with Crippen LogP contribution in [-0.2, 0) is 30.8 Å². The third kappa shape index (κ3) is 4.00. The first-order chi connectivity index (χ1) is 14.0. The predicted octanol–water partition coefficient (Wildman–Crippen LogP) is 1.86. The van der Waals surface area contributed by atoms with Gasteiger partial charge in [0.05, 0.1) is 12.0 Å². The molecule has 0 unspecified atom stereocenters. The summed E-state index contributed by atoms with van der Waals surface area (Å²) >= 11 is 0. The molecule has 0 bridgehead atoms. The molecule has 1 amide bonds. The van der Waals surface area contributed by atoms with Gasteiger partial charge in [-0.25, -0.2) is 9.78 Å². The van der Waals surface area contributed by atoms with Crippen molar-refractivity contribution in [2.75, 3.05) is 5.32 Å². The maximum absolute atomic E-state index is 12.5. The summed E-state index contributed by atoms with van der Waals surface area (Å²) in [6.07, 6.45) is 2.16. The topological polar surface area (TPSA) is 111 Å². The van der Waals surface area contributed by atoms with Crippen molar-refractivity contribution < 1.29 is 9.90 Å². The lowest BCUT2D eigenvalue weighted by atomic mass is 9.87. The number of hydrogen-bond acceptors (Lipinski definition) is 5. The summed E-state index contributed by atoms with van der Waals surface area (Å²) < 4.78 is 4.02. The fraction of sp³-hybridized carbons (Fsp3) is 0.429. The summed E-state index contributed by atoms with van der Waals surface area (Å²) in [4.78, 5) is 41.0. The molecule has 1 aromatic carbocycles. The molecule has 2 heterocycles. The van der Waals surface area contributed by atoms with Crippen LogP contribution in [0.2, 0.25) is 0 Å². The maximum Gasteiger partial charge on any atom is 0.332 e. The minimum atomic E-state index is -0.436. The standard InChI is InChI=1S/C21H27N5O4/c1-21(2,3)13-8-9-15(27)14(11-13)23-16(28)7-6-10-26-12-22-18-17(26)19(29)25(5)20(30)24(18)4/h8-9,11-12,27H,6-7,10H2,1-5H3,(H,23,28). The smallest absolute Gasteiger partial charge is 0.332 e. The van der Waals surface area contributed by atoms with Gasteiger partial charge in [0.1, 0.15) is 5.75 Å². The first-order valence-electron chi connectivity index (χ1n) is 9.75. The number of aromatic nitrogens is 4. The van der Waals surface area contributed by atoms with Crippen molar-refractivity contribution >= 4 is 22.8 Å². The van der Waals surface area contributed by atoms with E-state index < -0.39 is 11.2 Å². The molecular formula is C21H27N5O4. The Kier molecular flexibility index (Phi) is 5.56. The zero-order chi connectivity index (χ0) is 22.2. The number of nitrogens with one attached hydrogen (secondary N) is 1. The molecule has 30 heavy (non-hydrogen) atoms. The van der Waals surface area contributed by atoms with Crippen LogP contribution in [0.4, 0.5) is 5.69 Å². The summed E-state index contributed by atoms with van der Waals surface area (Å²) in [5.74, 6) is -0.220. The molecule has 9 nitrogen and oxygen atoms in total. The van der Waals surface area contributed by atoms with Crippen LogP contribution >= 0.6 is 0 Å². The van der Waals surface area contributed by atoms with Crippen LogP contribution in [0, 0.1) is 0 Å². The summed E-state index contributed by atoms with van der Waals surface area (Å²) in [5, 5.41) is 12.8. The number of carbonyl (C=O) groups is 1. The predicted molar refractivity (Wildman–Crippen MR) is 115 cm³/mol. The molecule has 0 aliphatic rings. The summed E-state index contributed by atoms with van der Waals surface area (Å²) in [5.41, 5.74) is 1.06. The second-order valence-corrected chi connectivity index (χ2v) is 8.45. The molecule has 3 aromatic rings. The fourth-order valence-corrected chi connectivity index (χ4v) is 3.29. The van der Waals surface area contributed by atoms with Gasteiger partial charge in [-0.05, 0) is 29.5 Å².